The highest BCUT2D eigenvalue weighted by molar-refractivity contribution is 5.83. The van der Waals surface area contributed by atoms with Crippen molar-refractivity contribution in [2.75, 3.05) is 0 Å². The van der Waals surface area contributed by atoms with Crippen LogP contribution in [0.3, 0.4) is 0 Å². The van der Waals surface area contributed by atoms with E-state index in [1.54, 1.807) is 0 Å². The molecule has 0 saturated carbocycles. The lowest BCUT2D eigenvalue weighted by atomic mass is 10.2. The second-order valence-electron chi connectivity index (χ2n) is 2.34. The van der Waals surface area contributed by atoms with Crippen molar-refractivity contribution >= 4 is 5.91 Å². The molecule has 0 saturated heterocycles. The van der Waals surface area contributed by atoms with Gasteiger partial charge >= 0.3 is 0 Å². The molecule has 1 heterocycles. The Kier molecular flexibility index (Phi) is 1.56. The molecule has 1 aliphatic rings. The molecule has 0 radical (unpaired) electrons. The maximum Gasteiger partial charge on any atom is 0.228 e. The Morgan fingerprint density at radius 3 is 2.56 bits per heavy atom. The van der Waals surface area contributed by atoms with E-state index < -0.39 is 0 Å². The maximum atomic E-state index is 10.7. The molecule has 0 spiro atoms. The van der Waals surface area contributed by atoms with Crippen LogP contribution in [0.5, 0.6) is 0 Å². The van der Waals surface area contributed by atoms with Crippen molar-refractivity contribution in [3.05, 3.63) is 11.3 Å². The molecule has 0 aliphatic carbocycles. The largest absolute Gasteiger partial charge is 0.330 e. The molecule has 1 N–H and O–H groups in total. The molecule has 0 aromatic carbocycles. The lowest BCUT2D eigenvalue weighted by Crippen LogP contribution is -2.14. The predicted octanol–water partition coefficient (Wildman–Crippen LogP) is 1.19. The Hall–Kier alpha value is -0.790. The molecule has 0 bridgehead atoms. The zero-order valence-electron chi connectivity index (χ0n) is 5.82. The molecule has 1 aliphatic heterocycles. The number of allylic oxidation sites excluding steroid dienone is 1. The van der Waals surface area contributed by atoms with E-state index in [2.05, 4.69) is 5.32 Å². The zero-order valence-corrected chi connectivity index (χ0v) is 5.82. The number of carbonyl (C=O) groups is 1. The van der Waals surface area contributed by atoms with Gasteiger partial charge < -0.3 is 5.32 Å². The van der Waals surface area contributed by atoms with Gasteiger partial charge in [0.05, 0.1) is 0 Å². The monoisotopic (exact) mass is 125 g/mol. The fourth-order valence-electron chi connectivity index (χ4n) is 1.06. The normalized spacial score (nSPS) is 18.7. The summed E-state index contributed by atoms with van der Waals surface area (Å²) in [6.07, 6.45) is 1.54. The minimum atomic E-state index is 0.143. The van der Waals surface area contributed by atoms with Gasteiger partial charge in [0.2, 0.25) is 5.91 Å². The maximum absolute atomic E-state index is 10.7. The summed E-state index contributed by atoms with van der Waals surface area (Å²) in [6, 6.07) is 0. The van der Waals surface area contributed by atoms with E-state index in [1.807, 2.05) is 13.8 Å². The summed E-state index contributed by atoms with van der Waals surface area (Å²) in [7, 11) is 0. The molecule has 0 aromatic rings. The summed E-state index contributed by atoms with van der Waals surface area (Å²) >= 11 is 0. The number of hydrogen-bond acceptors (Lipinski definition) is 1. The summed E-state index contributed by atoms with van der Waals surface area (Å²) in [5, 5.41) is 2.79. The Morgan fingerprint density at radius 2 is 2.33 bits per heavy atom. The van der Waals surface area contributed by atoms with Gasteiger partial charge in [-0.15, -0.1) is 0 Å². The number of nitrogens with one attached hydrogen (secondary N) is 1. The van der Waals surface area contributed by atoms with Gasteiger partial charge in [-0.25, -0.2) is 0 Å². The summed E-state index contributed by atoms with van der Waals surface area (Å²) < 4.78 is 0. The average molecular weight is 125 g/mol. The summed E-state index contributed by atoms with van der Waals surface area (Å²) in [6.45, 7) is 4.04. The third-order valence-electron chi connectivity index (χ3n) is 1.58. The molecular weight excluding hydrogens is 114 g/mol. The first-order chi connectivity index (χ1) is 4.24. The van der Waals surface area contributed by atoms with Crippen LogP contribution < -0.4 is 5.32 Å². The zero-order chi connectivity index (χ0) is 6.85. The van der Waals surface area contributed by atoms with Crippen LogP contribution in [0.15, 0.2) is 11.3 Å². The average Bonchev–Trinajstić information content (AvgIpc) is 2.10. The smallest absolute Gasteiger partial charge is 0.228 e. The van der Waals surface area contributed by atoms with Crippen molar-refractivity contribution in [3.8, 4) is 0 Å². The molecule has 0 fully saturated rings. The van der Waals surface area contributed by atoms with Crippen molar-refractivity contribution in [2.24, 2.45) is 0 Å². The van der Waals surface area contributed by atoms with Gasteiger partial charge in [-0.2, -0.15) is 0 Å². The lowest BCUT2D eigenvalue weighted by Gasteiger charge is -1.96. The Bertz CT molecular complexity index is 170. The fraction of sp³-hybridized carbons (Fsp3) is 0.571. The van der Waals surface area contributed by atoms with Crippen molar-refractivity contribution < 1.29 is 4.79 Å². The summed E-state index contributed by atoms with van der Waals surface area (Å²) in [5.41, 5.74) is 2.31. The third kappa shape index (κ3) is 1.12. The highest BCUT2D eigenvalue weighted by Gasteiger charge is 2.14. The fourth-order valence-corrected chi connectivity index (χ4v) is 1.06. The van der Waals surface area contributed by atoms with Crippen LogP contribution >= 0.6 is 0 Å². The van der Waals surface area contributed by atoms with Gasteiger partial charge in [0.15, 0.2) is 0 Å². The molecular formula is C7H11NO. The van der Waals surface area contributed by atoms with Gasteiger partial charge in [-0.1, -0.05) is 6.92 Å². The summed E-state index contributed by atoms with van der Waals surface area (Å²) in [4.78, 5) is 10.7. The van der Waals surface area contributed by atoms with Gasteiger partial charge in [-0.05, 0) is 18.9 Å². The topological polar surface area (TPSA) is 29.1 Å². The summed E-state index contributed by atoms with van der Waals surface area (Å²) in [5.74, 6) is 0.143. The molecule has 2 heteroatoms. The first-order valence-electron chi connectivity index (χ1n) is 3.22. The molecule has 0 unspecified atom stereocenters. The van der Waals surface area contributed by atoms with E-state index >= 15 is 0 Å². The minimum absolute atomic E-state index is 0.143. The van der Waals surface area contributed by atoms with Crippen LogP contribution in [-0.2, 0) is 4.79 Å². The first-order valence-corrected chi connectivity index (χ1v) is 3.22. The van der Waals surface area contributed by atoms with Crippen LogP contribution in [-0.4, -0.2) is 5.91 Å². The van der Waals surface area contributed by atoms with E-state index in [0.717, 1.165) is 12.1 Å². The van der Waals surface area contributed by atoms with Crippen molar-refractivity contribution in [1.82, 2.24) is 5.32 Å². The highest BCUT2D eigenvalue weighted by atomic mass is 16.1. The first kappa shape index (κ1) is 6.33. The van der Waals surface area contributed by atoms with Crippen LogP contribution in [0, 0.1) is 0 Å². The van der Waals surface area contributed by atoms with E-state index in [-0.39, 0.29) is 5.91 Å². The van der Waals surface area contributed by atoms with Gasteiger partial charge in [0.25, 0.3) is 0 Å². The van der Waals surface area contributed by atoms with Crippen molar-refractivity contribution in [2.45, 2.75) is 26.7 Å². The number of hydrogen-bond donors (Lipinski definition) is 1. The van der Waals surface area contributed by atoms with E-state index in [1.165, 1.54) is 5.57 Å². The molecule has 50 valence electrons. The van der Waals surface area contributed by atoms with Crippen molar-refractivity contribution in [1.29, 1.82) is 0 Å². The third-order valence-corrected chi connectivity index (χ3v) is 1.58. The van der Waals surface area contributed by atoms with Crippen LogP contribution in [0.25, 0.3) is 0 Å². The van der Waals surface area contributed by atoms with Gasteiger partial charge in [0.1, 0.15) is 0 Å². The van der Waals surface area contributed by atoms with E-state index in [4.69, 9.17) is 0 Å². The molecule has 1 amide bonds. The minimum Gasteiger partial charge on any atom is -0.330 e. The second kappa shape index (κ2) is 2.21. The van der Waals surface area contributed by atoms with Crippen LogP contribution in [0.2, 0.25) is 0 Å². The standard InChI is InChI=1S/C7H11NO/c1-3-6-5(2)4-7(9)8-6/h3-4H2,1-2H3,(H,8,9). The Morgan fingerprint density at radius 1 is 1.67 bits per heavy atom. The lowest BCUT2D eigenvalue weighted by molar-refractivity contribution is -0.118. The molecule has 9 heavy (non-hydrogen) atoms. The molecule has 0 aromatic heterocycles. The number of rotatable bonds is 1. The van der Waals surface area contributed by atoms with E-state index in [0.29, 0.717) is 6.42 Å². The molecule has 0 atom stereocenters. The van der Waals surface area contributed by atoms with Crippen LogP contribution in [0.1, 0.15) is 26.7 Å². The Labute approximate surface area is 54.9 Å². The highest BCUT2D eigenvalue weighted by Crippen LogP contribution is 2.15. The second-order valence-corrected chi connectivity index (χ2v) is 2.34. The number of amides is 1. The predicted molar refractivity (Wildman–Crippen MR) is 35.8 cm³/mol. The number of carbonyl (C=O) groups excluding carboxylic acids is 1. The van der Waals surface area contributed by atoms with Gasteiger partial charge in [0, 0.05) is 12.1 Å². The molecule has 1 rings (SSSR count). The van der Waals surface area contributed by atoms with E-state index in [9.17, 15) is 4.79 Å². The van der Waals surface area contributed by atoms with Crippen molar-refractivity contribution in [3.63, 3.8) is 0 Å². The SMILES string of the molecule is CCC1=C(C)CC(=O)N1. The van der Waals surface area contributed by atoms with Crippen LogP contribution in [0.4, 0.5) is 0 Å². The molecule has 2 nitrogen and oxygen atoms in total. The quantitative estimate of drug-likeness (QED) is 0.560. The van der Waals surface area contributed by atoms with Gasteiger partial charge in [-0.3, -0.25) is 4.79 Å². The Balaban J connectivity index is 2.69.